The van der Waals surface area contributed by atoms with E-state index in [2.05, 4.69) is 0 Å². The number of hydrogen-bond donors (Lipinski definition) is 0. The van der Waals surface area contributed by atoms with E-state index in [4.69, 9.17) is 9.15 Å². The molecule has 0 aliphatic heterocycles. The first-order chi connectivity index (χ1) is 14.1. The maximum Gasteiger partial charge on any atom is 0.355 e. The molecular formula is C23H32N2O5. The lowest BCUT2D eigenvalue weighted by Crippen LogP contribution is -2.43. The van der Waals surface area contributed by atoms with Gasteiger partial charge in [0.2, 0.25) is 5.91 Å². The molecule has 0 aromatic carbocycles. The third kappa shape index (κ3) is 4.83. The van der Waals surface area contributed by atoms with Gasteiger partial charge in [-0.2, -0.15) is 0 Å². The molecule has 0 fully saturated rings. The summed E-state index contributed by atoms with van der Waals surface area (Å²) in [5.41, 5.74) is 2.05. The van der Waals surface area contributed by atoms with Crippen molar-refractivity contribution in [2.75, 3.05) is 6.61 Å². The summed E-state index contributed by atoms with van der Waals surface area (Å²) in [6.07, 6.45) is 1.88. The number of aromatic nitrogens is 1. The lowest BCUT2D eigenvalue weighted by molar-refractivity contribution is -0.134. The second-order valence-electron chi connectivity index (χ2n) is 7.95. The van der Waals surface area contributed by atoms with Crippen LogP contribution in [0.25, 0.3) is 0 Å². The molecule has 1 amide bonds. The van der Waals surface area contributed by atoms with Crippen LogP contribution >= 0.6 is 0 Å². The van der Waals surface area contributed by atoms with Crippen LogP contribution in [0.2, 0.25) is 0 Å². The van der Waals surface area contributed by atoms with Gasteiger partial charge in [0.1, 0.15) is 11.5 Å². The second-order valence-corrected chi connectivity index (χ2v) is 7.95. The molecule has 0 aliphatic rings. The van der Waals surface area contributed by atoms with Gasteiger partial charge in [0.25, 0.3) is 0 Å². The van der Waals surface area contributed by atoms with Gasteiger partial charge >= 0.3 is 5.97 Å². The minimum atomic E-state index is -0.712. The minimum Gasteiger partial charge on any atom is -0.467 e. The average molecular weight is 417 g/mol. The fourth-order valence-corrected chi connectivity index (χ4v) is 3.66. The summed E-state index contributed by atoms with van der Waals surface area (Å²) in [5.74, 6) is -0.00969. The number of rotatable bonds is 9. The SMILES string of the molecule is CCOC(=O)c1c(C)c(C(=O)C(C)N(Cc2ccco2)C(=O)CC(C)C)c(C)n1C. The highest BCUT2D eigenvalue weighted by Gasteiger charge is 2.33. The van der Waals surface area contributed by atoms with Crippen LogP contribution in [0.5, 0.6) is 0 Å². The largest absolute Gasteiger partial charge is 0.467 e. The Labute approximate surface area is 178 Å². The predicted octanol–water partition coefficient (Wildman–Crippen LogP) is 4.06. The number of Topliss-reactive ketones (excluding diaryl/α,β-unsaturated/α-hetero) is 1. The van der Waals surface area contributed by atoms with Gasteiger partial charge in [-0.1, -0.05) is 13.8 Å². The molecule has 1 atom stereocenters. The van der Waals surface area contributed by atoms with E-state index in [1.165, 1.54) is 0 Å². The maximum atomic E-state index is 13.5. The summed E-state index contributed by atoms with van der Waals surface area (Å²) in [5, 5.41) is 0. The molecule has 0 radical (unpaired) electrons. The molecule has 0 saturated carbocycles. The van der Waals surface area contributed by atoms with Gasteiger partial charge in [-0.05, 0) is 51.3 Å². The standard InChI is InChI=1S/C23H32N2O5/c1-8-29-23(28)21-15(4)20(16(5)24(21)7)22(27)17(6)25(19(26)12-14(2)3)13-18-10-9-11-30-18/h9-11,14,17H,8,12-13H2,1-7H3. The third-order valence-electron chi connectivity index (χ3n) is 5.30. The number of ketones is 1. The van der Waals surface area contributed by atoms with Crippen molar-refractivity contribution in [3.05, 3.63) is 46.7 Å². The number of esters is 1. The van der Waals surface area contributed by atoms with Crippen molar-refractivity contribution in [2.45, 2.75) is 60.5 Å². The highest BCUT2D eigenvalue weighted by atomic mass is 16.5. The number of carbonyl (C=O) groups excluding carboxylic acids is 3. The molecule has 7 nitrogen and oxygen atoms in total. The van der Waals surface area contributed by atoms with E-state index in [0.29, 0.717) is 34.7 Å². The quantitative estimate of drug-likeness (QED) is 0.455. The molecule has 0 saturated heterocycles. The maximum absolute atomic E-state index is 13.5. The third-order valence-corrected chi connectivity index (χ3v) is 5.30. The molecule has 2 aromatic rings. The van der Waals surface area contributed by atoms with Gasteiger partial charge in [0, 0.05) is 24.7 Å². The monoisotopic (exact) mass is 416 g/mol. The van der Waals surface area contributed by atoms with E-state index >= 15 is 0 Å². The van der Waals surface area contributed by atoms with Crippen LogP contribution in [-0.2, 0) is 23.1 Å². The molecule has 164 valence electrons. The molecule has 1 unspecified atom stereocenters. The van der Waals surface area contributed by atoms with Crippen LogP contribution in [0, 0.1) is 19.8 Å². The number of amides is 1. The summed E-state index contributed by atoms with van der Waals surface area (Å²) < 4.78 is 12.2. The summed E-state index contributed by atoms with van der Waals surface area (Å²) in [6.45, 7) is 11.4. The lowest BCUT2D eigenvalue weighted by Gasteiger charge is -2.28. The Hall–Kier alpha value is -2.83. The Balaban J connectivity index is 2.42. The Kier molecular flexibility index (Phi) is 7.65. The second kappa shape index (κ2) is 9.78. The van der Waals surface area contributed by atoms with Gasteiger partial charge in [0.05, 0.1) is 25.5 Å². The van der Waals surface area contributed by atoms with Crippen LogP contribution in [0.4, 0.5) is 0 Å². The van der Waals surface area contributed by atoms with Crippen molar-refractivity contribution in [2.24, 2.45) is 13.0 Å². The first-order valence-electron chi connectivity index (χ1n) is 10.3. The topological polar surface area (TPSA) is 81.8 Å². The highest BCUT2D eigenvalue weighted by Crippen LogP contribution is 2.25. The molecule has 2 heterocycles. The van der Waals surface area contributed by atoms with Gasteiger partial charge in [-0.15, -0.1) is 0 Å². The molecule has 2 rings (SSSR count). The van der Waals surface area contributed by atoms with Crippen molar-refractivity contribution >= 4 is 17.7 Å². The molecule has 0 N–H and O–H groups in total. The number of furan rings is 1. The van der Waals surface area contributed by atoms with Crippen molar-refractivity contribution in [3.8, 4) is 0 Å². The van der Waals surface area contributed by atoms with Crippen LogP contribution in [0.15, 0.2) is 22.8 Å². The van der Waals surface area contributed by atoms with E-state index < -0.39 is 12.0 Å². The van der Waals surface area contributed by atoms with Crippen LogP contribution in [0.3, 0.4) is 0 Å². The summed E-state index contributed by atoms with van der Waals surface area (Å²) in [6, 6.07) is 2.82. The van der Waals surface area contributed by atoms with E-state index in [-0.39, 0.29) is 30.8 Å². The molecule has 0 bridgehead atoms. The van der Waals surface area contributed by atoms with Gasteiger partial charge < -0.3 is 18.6 Å². The van der Waals surface area contributed by atoms with Crippen molar-refractivity contribution in [1.29, 1.82) is 0 Å². The first-order valence-corrected chi connectivity index (χ1v) is 10.3. The Bertz CT molecular complexity index is 909. The number of ether oxygens (including phenoxy) is 1. The summed E-state index contributed by atoms with van der Waals surface area (Å²) in [4.78, 5) is 40.4. The number of nitrogens with zero attached hydrogens (tertiary/aromatic N) is 2. The van der Waals surface area contributed by atoms with Crippen molar-refractivity contribution in [3.63, 3.8) is 0 Å². The summed E-state index contributed by atoms with van der Waals surface area (Å²) >= 11 is 0. The number of hydrogen-bond acceptors (Lipinski definition) is 5. The fourth-order valence-electron chi connectivity index (χ4n) is 3.66. The zero-order valence-corrected chi connectivity index (χ0v) is 18.9. The smallest absolute Gasteiger partial charge is 0.355 e. The minimum absolute atomic E-state index is 0.112. The average Bonchev–Trinajstić information content (AvgIpc) is 3.25. The highest BCUT2D eigenvalue weighted by molar-refractivity contribution is 6.06. The molecule has 0 aliphatic carbocycles. The molecule has 0 spiro atoms. The van der Waals surface area contributed by atoms with Gasteiger partial charge in [0.15, 0.2) is 5.78 Å². The Morgan fingerprint density at radius 2 is 1.87 bits per heavy atom. The van der Waals surface area contributed by atoms with Crippen molar-refractivity contribution in [1.82, 2.24) is 9.47 Å². The zero-order chi connectivity index (χ0) is 22.6. The van der Waals surface area contributed by atoms with E-state index in [1.54, 1.807) is 62.6 Å². The lowest BCUT2D eigenvalue weighted by atomic mass is 9.99. The zero-order valence-electron chi connectivity index (χ0n) is 18.9. The van der Waals surface area contributed by atoms with E-state index in [1.807, 2.05) is 13.8 Å². The predicted molar refractivity (Wildman–Crippen MR) is 113 cm³/mol. The Morgan fingerprint density at radius 1 is 1.20 bits per heavy atom. The molecule has 30 heavy (non-hydrogen) atoms. The van der Waals surface area contributed by atoms with Crippen LogP contribution in [0.1, 0.15) is 72.0 Å². The van der Waals surface area contributed by atoms with E-state index in [9.17, 15) is 14.4 Å². The van der Waals surface area contributed by atoms with E-state index in [0.717, 1.165) is 0 Å². The molecule has 2 aromatic heterocycles. The van der Waals surface area contributed by atoms with Crippen LogP contribution < -0.4 is 0 Å². The van der Waals surface area contributed by atoms with Gasteiger partial charge in [-0.3, -0.25) is 9.59 Å². The fraction of sp³-hybridized carbons (Fsp3) is 0.522. The normalized spacial score (nSPS) is 12.1. The van der Waals surface area contributed by atoms with Crippen LogP contribution in [-0.4, -0.2) is 39.8 Å². The van der Waals surface area contributed by atoms with Gasteiger partial charge in [-0.25, -0.2) is 4.79 Å². The number of carbonyl (C=O) groups is 3. The molecular weight excluding hydrogens is 384 g/mol. The first kappa shape index (κ1) is 23.4. The Morgan fingerprint density at radius 3 is 2.40 bits per heavy atom. The molecule has 7 heteroatoms. The van der Waals surface area contributed by atoms with Crippen molar-refractivity contribution < 1.29 is 23.5 Å². The summed E-state index contributed by atoms with van der Waals surface area (Å²) in [7, 11) is 1.74.